The van der Waals surface area contributed by atoms with Gasteiger partial charge in [-0.3, -0.25) is 14.2 Å². The van der Waals surface area contributed by atoms with Gasteiger partial charge in [-0.05, 0) is 36.3 Å². The third kappa shape index (κ3) is 3.73. The first kappa shape index (κ1) is 19.2. The van der Waals surface area contributed by atoms with Crippen LogP contribution in [-0.4, -0.2) is 27.8 Å². The van der Waals surface area contributed by atoms with Gasteiger partial charge in [-0.1, -0.05) is 49.0 Å². The SMILES string of the molecule is C[C@H](CNC(=O)CSc1nc2sc3c(c2c(=O)n1C)CCC3)c1ccccc1. The Morgan fingerprint density at radius 1 is 1.32 bits per heavy atom. The number of nitrogens with zero attached hydrogens (tertiary/aromatic N) is 2. The fourth-order valence-corrected chi connectivity index (χ4v) is 5.69. The van der Waals surface area contributed by atoms with Crippen molar-refractivity contribution in [1.29, 1.82) is 0 Å². The first-order valence-corrected chi connectivity index (χ1v) is 11.3. The van der Waals surface area contributed by atoms with Crippen LogP contribution in [0.5, 0.6) is 0 Å². The van der Waals surface area contributed by atoms with Crippen molar-refractivity contribution in [3.63, 3.8) is 0 Å². The van der Waals surface area contributed by atoms with Gasteiger partial charge in [0, 0.05) is 18.5 Å². The summed E-state index contributed by atoms with van der Waals surface area (Å²) in [4.78, 5) is 31.9. The van der Waals surface area contributed by atoms with Crippen molar-refractivity contribution in [2.24, 2.45) is 7.05 Å². The predicted molar refractivity (Wildman–Crippen MR) is 115 cm³/mol. The molecule has 7 heteroatoms. The summed E-state index contributed by atoms with van der Waals surface area (Å²) < 4.78 is 1.58. The summed E-state index contributed by atoms with van der Waals surface area (Å²) in [5.41, 5.74) is 2.40. The third-order valence-corrected chi connectivity index (χ3v) is 7.43. The number of nitrogens with one attached hydrogen (secondary N) is 1. The van der Waals surface area contributed by atoms with Crippen LogP contribution in [0.15, 0.2) is 40.3 Å². The zero-order chi connectivity index (χ0) is 19.7. The van der Waals surface area contributed by atoms with Crippen molar-refractivity contribution in [1.82, 2.24) is 14.9 Å². The highest BCUT2D eigenvalue weighted by Crippen LogP contribution is 2.35. The van der Waals surface area contributed by atoms with Crippen molar-refractivity contribution >= 4 is 39.2 Å². The maximum atomic E-state index is 12.8. The van der Waals surface area contributed by atoms with Crippen LogP contribution in [-0.2, 0) is 24.7 Å². The molecule has 1 aromatic carbocycles. The molecule has 0 aliphatic heterocycles. The second-order valence-corrected chi connectivity index (χ2v) is 9.23. The lowest BCUT2D eigenvalue weighted by molar-refractivity contribution is -0.118. The number of fused-ring (bicyclic) bond motifs is 3. The molecule has 146 valence electrons. The number of thiophene rings is 1. The van der Waals surface area contributed by atoms with E-state index in [0.717, 1.165) is 29.5 Å². The number of aromatic nitrogens is 2. The van der Waals surface area contributed by atoms with Crippen LogP contribution in [0.1, 0.15) is 35.3 Å². The van der Waals surface area contributed by atoms with Crippen LogP contribution in [0.2, 0.25) is 0 Å². The monoisotopic (exact) mass is 413 g/mol. The fourth-order valence-electron chi connectivity index (χ4n) is 3.58. The molecule has 5 nitrogen and oxygen atoms in total. The number of aryl methyl sites for hydroxylation is 2. The summed E-state index contributed by atoms with van der Waals surface area (Å²) in [6, 6.07) is 10.1. The van der Waals surface area contributed by atoms with Crippen molar-refractivity contribution in [3.8, 4) is 0 Å². The van der Waals surface area contributed by atoms with Gasteiger partial charge in [0.25, 0.3) is 5.56 Å². The maximum absolute atomic E-state index is 12.8. The lowest BCUT2D eigenvalue weighted by atomic mass is 10.0. The zero-order valence-electron chi connectivity index (χ0n) is 16.0. The Morgan fingerprint density at radius 3 is 2.89 bits per heavy atom. The smallest absolute Gasteiger partial charge is 0.262 e. The predicted octanol–water partition coefficient (Wildman–Crippen LogP) is 3.50. The number of amides is 1. The maximum Gasteiger partial charge on any atom is 0.262 e. The lowest BCUT2D eigenvalue weighted by Gasteiger charge is -2.13. The zero-order valence-corrected chi connectivity index (χ0v) is 17.7. The Morgan fingerprint density at radius 2 is 2.11 bits per heavy atom. The molecule has 0 saturated heterocycles. The molecule has 28 heavy (non-hydrogen) atoms. The van der Waals surface area contributed by atoms with Gasteiger partial charge in [0.05, 0.1) is 11.1 Å². The topological polar surface area (TPSA) is 64.0 Å². The highest BCUT2D eigenvalue weighted by molar-refractivity contribution is 7.99. The lowest BCUT2D eigenvalue weighted by Crippen LogP contribution is -2.29. The largest absolute Gasteiger partial charge is 0.355 e. The highest BCUT2D eigenvalue weighted by Gasteiger charge is 2.22. The molecule has 0 saturated carbocycles. The summed E-state index contributed by atoms with van der Waals surface area (Å²) in [5, 5.41) is 4.37. The molecule has 0 bridgehead atoms. The number of carbonyl (C=O) groups excluding carboxylic acids is 1. The van der Waals surface area contributed by atoms with Crippen molar-refractivity contribution < 1.29 is 4.79 Å². The summed E-state index contributed by atoms with van der Waals surface area (Å²) in [6.45, 7) is 2.68. The molecule has 1 N–H and O–H groups in total. The van der Waals surface area contributed by atoms with E-state index >= 15 is 0 Å². The highest BCUT2D eigenvalue weighted by atomic mass is 32.2. The average Bonchev–Trinajstić information content (AvgIpc) is 3.29. The van der Waals surface area contributed by atoms with E-state index in [0.29, 0.717) is 11.7 Å². The molecule has 0 fully saturated rings. The molecule has 0 spiro atoms. The van der Waals surface area contributed by atoms with Crippen molar-refractivity contribution in [2.75, 3.05) is 12.3 Å². The molecule has 1 amide bonds. The Hall–Kier alpha value is -2.12. The first-order chi connectivity index (χ1) is 13.5. The second kappa shape index (κ2) is 8.09. The van der Waals surface area contributed by atoms with E-state index in [9.17, 15) is 9.59 Å². The van der Waals surface area contributed by atoms with E-state index in [4.69, 9.17) is 0 Å². The van der Waals surface area contributed by atoms with Gasteiger partial charge >= 0.3 is 0 Å². The van der Waals surface area contributed by atoms with E-state index in [-0.39, 0.29) is 23.1 Å². The Kier molecular flexibility index (Phi) is 5.55. The molecule has 3 aromatic rings. The van der Waals surface area contributed by atoms with Crippen LogP contribution < -0.4 is 10.9 Å². The van der Waals surface area contributed by atoms with E-state index in [1.165, 1.54) is 27.8 Å². The average molecular weight is 414 g/mol. The molecule has 2 heterocycles. The minimum atomic E-state index is -0.0456. The van der Waals surface area contributed by atoms with Crippen molar-refractivity contribution in [2.45, 2.75) is 37.3 Å². The van der Waals surface area contributed by atoms with E-state index in [1.807, 2.05) is 18.2 Å². The quantitative estimate of drug-likeness (QED) is 0.496. The van der Waals surface area contributed by atoms with E-state index in [2.05, 4.69) is 29.4 Å². The molecule has 2 aromatic heterocycles. The molecule has 0 unspecified atom stereocenters. The van der Waals surface area contributed by atoms with Crippen LogP contribution in [0.25, 0.3) is 10.2 Å². The number of rotatable bonds is 6. The fraction of sp³-hybridized carbons (Fsp3) is 0.381. The number of hydrogen-bond acceptors (Lipinski definition) is 5. The van der Waals surface area contributed by atoms with Crippen LogP contribution >= 0.6 is 23.1 Å². The normalized spacial score (nSPS) is 14.2. The molecular weight excluding hydrogens is 390 g/mol. The van der Waals surface area contributed by atoms with Gasteiger partial charge in [0.15, 0.2) is 5.16 Å². The minimum absolute atomic E-state index is 0.00464. The van der Waals surface area contributed by atoms with Gasteiger partial charge in [0.1, 0.15) is 4.83 Å². The Bertz CT molecular complexity index is 1070. The second-order valence-electron chi connectivity index (χ2n) is 7.20. The third-order valence-electron chi connectivity index (χ3n) is 5.21. The van der Waals surface area contributed by atoms with Gasteiger partial charge in [-0.15, -0.1) is 11.3 Å². The number of carbonyl (C=O) groups is 1. The first-order valence-electron chi connectivity index (χ1n) is 9.50. The number of benzene rings is 1. The van der Waals surface area contributed by atoms with E-state index < -0.39 is 0 Å². The Balaban J connectivity index is 1.41. The van der Waals surface area contributed by atoms with Crippen molar-refractivity contribution in [3.05, 3.63) is 56.7 Å². The van der Waals surface area contributed by atoms with Crippen LogP contribution in [0.3, 0.4) is 0 Å². The van der Waals surface area contributed by atoms with E-state index in [1.54, 1.807) is 23.0 Å². The molecular formula is C21H23N3O2S2. The number of thioether (sulfide) groups is 1. The Labute approximate surface area is 172 Å². The number of hydrogen-bond donors (Lipinski definition) is 1. The van der Waals surface area contributed by atoms with Crippen LogP contribution in [0, 0.1) is 0 Å². The summed E-state index contributed by atoms with van der Waals surface area (Å²) in [5.74, 6) is 0.455. The van der Waals surface area contributed by atoms with Crippen LogP contribution in [0.4, 0.5) is 0 Å². The minimum Gasteiger partial charge on any atom is -0.355 e. The molecule has 1 aliphatic rings. The summed E-state index contributed by atoms with van der Waals surface area (Å²) >= 11 is 2.95. The summed E-state index contributed by atoms with van der Waals surface area (Å²) in [7, 11) is 1.74. The molecule has 1 aliphatic carbocycles. The summed E-state index contributed by atoms with van der Waals surface area (Å²) in [6.07, 6.45) is 3.14. The van der Waals surface area contributed by atoms with Gasteiger partial charge < -0.3 is 5.32 Å². The molecule has 0 radical (unpaired) electrons. The molecule has 4 rings (SSSR count). The van der Waals surface area contributed by atoms with Gasteiger partial charge in [-0.2, -0.15) is 0 Å². The van der Waals surface area contributed by atoms with Gasteiger partial charge in [-0.25, -0.2) is 4.98 Å². The molecule has 1 atom stereocenters. The van der Waals surface area contributed by atoms with Gasteiger partial charge in [0.2, 0.25) is 5.91 Å². The standard InChI is InChI=1S/C21H23N3O2S2/c1-13(14-7-4-3-5-8-14)11-22-17(25)12-27-21-23-19-18(20(26)24(21)2)15-9-6-10-16(15)28-19/h3-5,7-8,13H,6,9-12H2,1-2H3,(H,22,25)/t13-/m1/s1.